The number of para-hydroxylation sites is 2. The molecular formula is C46H58BN4O6. The summed E-state index contributed by atoms with van der Waals surface area (Å²) in [6.07, 6.45) is 5.74. The SMILES string of the molecule is C1CCOC1.Cc1ccccc1NC(=O)C1CCCN(C(=O)OCc2ccccc2)C1.Cc1ccccc1NCC1CCCN(C(=O)OCc2ccccc2)C1.[B]. The van der Waals surface area contributed by atoms with E-state index in [0.717, 1.165) is 80.9 Å². The van der Waals surface area contributed by atoms with E-state index in [1.54, 1.807) is 4.90 Å². The molecule has 4 aromatic rings. The lowest BCUT2D eigenvalue weighted by molar-refractivity contribution is -0.121. The number of benzene rings is 4. The number of aryl methyl sites for hydroxylation is 2. The number of hydrogen-bond donors (Lipinski definition) is 2. The molecule has 11 heteroatoms. The predicted molar refractivity (Wildman–Crippen MR) is 227 cm³/mol. The van der Waals surface area contributed by atoms with Gasteiger partial charge in [-0.25, -0.2) is 9.59 Å². The van der Waals surface area contributed by atoms with Gasteiger partial charge < -0.3 is 34.6 Å². The number of anilines is 2. The molecule has 3 aliphatic rings. The molecule has 0 saturated carbocycles. The minimum absolute atomic E-state index is 0. The monoisotopic (exact) mass is 773 g/mol. The summed E-state index contributed by atoms with van der Waals surface area (Å²) in [4.78, 5) is 40.7. The molecule has 3 aliphatic heterocycles. The third-order valence-electron chi connectivity index (χ3n) is 10.2. The number of nitrogens with one attached hydrogen (secondary N) is 2. The van der Waals surface area contributed by atoms with Gasteiger partial charge in [0.25, 0.3) is 0 Å². The summed E-state index contributed by atoms with van der Waals surface area (Å²) < 4.78 is 15.8. The highest BCUT2D eigenvalue weighted by Crippen LogP contribution is 2.22. The Morgan fingerprint density at radius 3 is 1.65 bits per heavy atom. The molecule has 2 N–H and O–H groups in total. The molecule has 0 aliphatic carbocycles. The molecule has 2 atom stereocenters. The van der Waals surface area contributed by atoms with E-state index in [1.165, 1.54) is 24.1 Å². The number of carbonyl (C=O) groups excluding carboxylic acids is 3. The van der Waals surface area contributed by atoms with Crippen LogP contribution >= 0.6 is 0 Å². The van der Waals surface area contributed by atoms with Gasteiger partial charge >= 0.3 is 12.2 Å². The number of ether oxygens (including phenoxy) is 3. The number of hydrogen-bond acceptors (Lipinski definition) is 7. The van der Waals surface area contributed by atoms with Crippen molar-refractivity contribution in [3.8, 4) is 0 Å². The highest BCUT2D eigenvalue weighted by atomic mass is 16.6. The summed E-state index contributed by atoms with van der Waals surface area (Å²) in [5, 5.41) is 6.50. The van der Waals surface area contributed by atoms with Crippen molar-refractivity contribution in [2.75, 3.05) is 56.6 Å². The molecule has 3 radical (unpaired) electrons. The van der Waals surface area contributed by atoms with Crippen LogP contribution in [0.15, 0.2) is 109 Å². The number of likely N-dealkylation sites (tertiary alicyclic amines) is 2. The number of nitrogens with zero attached hydrogens (tertiary/aromatic N) is 2. The van der Waals surface area contributed by atoms with Gasteiger partial charge in [0.2, 0.25) is 5.91 Å². The van der Waals surface area contributed by atoms with E-state index in [0.29, 0.717) is 25.6 Å². The second-order valence-corrected chi connectivity index (χ2v) is 14.6. The highest BCUT2D eigenvalue weighted by molar-refractivity contribution is 5.93. The van der Waals surface area contributed by atoms with Crippen molar-refractivity contribution < 1.29 is 28.6 Å². The van der Waals surface area contributed by atoms with E-state index in [-0.39, 0.29) is 39.0 Å². The lowest BCUT2D eigenvalue weighted by Gasteiger charge is -2.32. The summed E-state index contributed by atoms with van der Waals surface area (Å²) in [6.45, 7) is 10.1. The maximum Gasteiger partial charge on any atom is 0.410 e. The Balaban J connectivity index is 0.000000221. The topological polar surface area (TPSA) is 109 Å². The predicted octanol–water partition coefficient (Wildman–Crippen LogP) is 8.85. The summed E-state index contributed by atoms with van der Waals surface area (Å²) in [6, 6.07) is 35.4. The molecule has 3 saturated heterocycles. The van der Waals surface area contributed by atoms with Gasteiger partial charge in [0, 0.05) is 65.7 Å². The molecule has 0 bridgehead atoms. The molecule has 10 nitrogen and oxygen atoms in total. The van der Waals surface area contributed by atoms with Gasteiger partial charge in [-0.05, 0) is 92.7 Å². The molecule has 57 heavy (non-hydrogen) atoms. The molecule has 2 unspecified atom stereocenters. The number of carbonyl (C=O) groups is 3. The average Bonchev–Trinajstić information content (AvgIpc) is 3.85. The fourth-order valence-electron chi connectivity index (χ4n) is 6.86. The number of rotatable bonds is 9. The molecular weight excluding hydrogens is 715 g/mol. The van der Waals surface area contributed by atoms with Crippen molar-refractivity contribution in [2.45, 2.75) is 65.6 Å². The Morgan fingerprint density at radius 1 is 0.632 bits per heavy atom. The Morgan fingerprint density at radius 2 is 1.12 bits per heavy atom. The van der Waals surface area contributed by atoms with Crippen molar-refractivity contribution in [3.05, 3.63) is 131 Å². The van der Waals surface area contributed by atoms with E-state index < -0.39 is 0 Å². The van der Waals surface area contributed by atoms with Crippen LogP contribution in [0.4, 0.5) is 21.0 Å². The molecule has 301 valence electrons. The molecule has 3 fully saturated rings. The third-order valence-corrected chi connectivity index (χ3v) is 10.2. The van der Waals surface area contributed by atoms with Crippen molar-refractivity contribution in [3.63, 3.8) is 0 Å². The maximum atomic E-state index is 12.6. The van der Waals surface area contributed by atoms with Gasteiger partial charge in [0.15, 0.2) is 0 Å². The minimum Gasteiger partial charge on any atom is -0.445 e. The first-order valence-corrected chi connectivity index (χ1v) is 20.0. The van der Waals surface area contributed by atoms with Gasteiger partial charge in [-0.15, -0.1) is 0 Å². The first kappa shape index (κ1) is 44.4. The van der Waals surface area contributed by atoms with Crippen molar-refractivity contribution in [1.82, 2.24) is 9.80 Å². The van der Waals surface area contributed by atoms with Gasteiger partial charge in [0.05, 0.1) is 5.92 Å². The van der Waals surface area contributed by atoms with Crippen LogP contribution in [0.25, 0.3) is 0 Å². The first-order chi connectivity index (χ1) is 27.4. The largest absolute Gasteiger partial charge is 0.445 e. The standard InChI is InChI=1S/C21H24N2O3.C21H26N2O2.C4H8O.B/c1-16-8-5-6-12-19(16)22-20(24)18-11-7-13-23(14-18)21(25)26-15-17-9-3-2-4-10-17;1-17-8-5-6-12-20(17)22-14-19-11-7-13-23(15-19)21(24)25-16-18-9-3-2-4-10-18;1-2-4-5-3-1;/h2-6,8-10,12,18H,7,11,13-15H2,1H3,(H,22,24);2-6,8-10,12,19,22H,7,11,13-16H2,1H3;1-4H2;. The Kier molecular flexibility index (Phi) is 19.0. The maximum absolute atomic E-state index is 12.6. The van der Waals surface area contributed by atoms with Gasteiger partial charge in [-0.1, -0.05) is 97.1 Å². The van der Waals surface area contributed by atoms with E-state index in [2.05, 4.69) is 29.7 Å². The fourth-order valence-corrected chi connectivity index (χ4v) is 6.86. The lowest BCUT2D eigenvalue weighted by atomic mass is 9.97. The second kappa shape index (κ2) is 24.4. The fraction of sp³-hybridized carbons (Fsp3) is 0.413. The smallest absolute Gasteiger partial charge is 0.410 e. The highest BCUT2D eigenvalue weighted by Gasteiger charge is 2.29. The van der Waals surface area contributed by atoms with E-state index in [1.807, 2.05) is 109 Å². The van der Waals surface area contributed by atoms with Crippen molar-refractivity contribution in [1.29, 1.82) is 0 Å². The Labute approximate surface area is 340 Å². The van der Waals surface area contributed by atoms with Gasteiger partial charge in [0.1, 0.15) is 13.2 Å². The Bertz CT molecular complexity index is 1780. The van der Waals surface area contributed by atoms with E-state index >= 15 is 0 Å². The molecule has 0 spiro atoms. The zero-order valence-electron chi connectivity index (χ0n) is 33.6. The molecule has 3 heterocycles. The summed E-state index contributed by atoms with van der Waals surface area (Å²) in [7, 11) is 0. The lowest BCUT2D eigenvalue weighted by Crippen LogP contribution is -2.44. The number of piperidine rings is 2. The molecule has 4 aromatic carbocycles. The third kappa shape index (κ3) is 15.3. The van der Waals surface area contributed by atoms with Crippen LogP contribution in [0.2, 0.25) is 0 Å². The zero-order chi connectivity index (χ0) is 39.4. The van der Waals surface area contributed by atoms with Crippen LogP contribution < -0.4 is 10.6 Å². The Hall–Kier alpha value is -5.29. The second-order valence-electron chi connectivity index (χ2n) is 14.6. The molecule has 0 aromatic heterocycles. The van der Waals surface area contributed by atoms with Gasteiger partial charge in [-0.2, -0.15) is 0 Å². The van der Waals surface area contributed by atoms with Crippen LogP contribution in [0.1, 0.15) is 60.8 Å². The van der Waals surface area contributed by atoms with Crippen LogP contribution in [-0.2, 0) is 32.2 Å². The zero-order valence-corrected chi connectivity index (χ0v) is 33.6. The summed E-state index contributed by atoms with van der Waals surface area (Å²) in [5.74, 6) is 0.199. The van der Waals surface area contributed by atoms with Crippen LogP contribution in [0.3, 0.4) is 0 Å². The molecule has 3 amide bonds. The van der Waals surface area contributed by atoms with Crippen molar-refractivity contribution >= 4 is 37.9 Å². The molecule has 7 rings (SSSR count). The normalized spacial score (nSPS) is 17.3. The summed E-state index contributed by atoms with van der Waals surface area (Å²) in [5.41, 5.74) is 6.23. The van der Waals surface area contributed by atoms with Crippen LogP contribution in [-0.4, -0.2) is 82.2 Å². The van der Waals surface area contributed by atoms with Crippen molar-refractivity contribution in [2.24, 2.45) is 11.8 Å². The van der Waals surface area contributed by atoms with Crippen LogP contribution in [0.5, 0.6) is 0 Å². The minimum atomic E-state index is -0.359. The van der Waals surface area contributed by atoms with Gasteiger partial charge in [-0.3, -0.25) is 4.79 Å². The first-order valence-electron chi connectivity index (χ1n) is 20.0. The summed E-state index contributed by atoms with van der Waals surface area (Å²) >= 11 is 0. The quantitative estimate of drug-likeness (QED) is 0.164. The average molecular weight is 774 g/mol. The number of amides is 3. The van der Waals surface area contributed by atoms with E-state index in [4.69, 9.17) is 14.2 Å². The van der Waals surface area contributed by atoms with E-state index in [9.17, 15) is 14.4 Å². The van der Waals surface area contributed by atoms with Crippen LogP contribution in [0, 0.1) is 25.7 Å².